The van der Waals surface area contributed by atoms with Crippen LogP contribution in [0.1, 0.15) is 12.8 Å². The zero-order valence-electron chi connectivity index (χ0n) is 11.2. The Hall–Kier alpha value is -0.970. The van der Waals surface area contributed by atoms with Gasteiger partial charge in [0.15, 0.2) is 0 Å². The molecule has 1 amide bonds. The second-order valence-corrected chi connectivity index (χ2v) is 5.16. The lowest BCUT2D eigenvalue weighted by Gasteiger charge is -2.08. The molecule has 0 saturated heterocycles. The molecular weight excluding hydrogens is 299 g/mol. The summed E-state index contributed by atoms with van der Waals surface area (Å²) in [6.45, 7) is 2.30. The van der Waals surface area contributed by atoms with E-state index in [1.54, 1.807) is 24.3 Å². The second-order valence-electron chi connectivity index (χ2n) is 4.73. The molecule has 0 aliphatic heterocycles. The normalized spacial score (nSPS) is 13.4. The van der Waals surface area contributed by atoms with Gasteiger partial charge in [-0.25, -0.2) is 0 Å². The van der Waals surface area contributed by atoms with E-state index < -0.39 is 0 Å². The van der Waals surface area contributed by atoms with Crippen molar-refractivity contribution < 1.29 is 9.53 Å². The Morgan fingerprint density at radius 3 is 2.65 bits per heavy atom. The largest absolute Gasteiger partial charge is 0.492 e. The fraction of sp³-hybridized carbons (Fsp3) is 0.500. The third kappa shape index (κ3) is 6.98. The summed E-state index contributed by atoms with van der Waals surface area (Å²) < 4.78 is 5.47. The molecule has 0 radical (unpaired) electrons. The van der Waals surface area contributed by atoms with Gasteiger partial charge in [0.05, 0.1) is 13.1 Å². The van der Waals surface area contributed by atoms with Gasteiger partial charge < -0.3 is 15.4 Å². The van der Waals surface area contributed by atoms with Crippen LogP contribution in [0.25, 0.3) is 0 Å². The summed E-state index contributed by atoms with van der Waals surface area (Å²) in [5, 5.41) is 6.63. The molecule has 6 heteroatoms. The van der Waals surface area contributed by atoms with E-state index in [9.17, 15) is 4.79 Å². The van der Waals surface area contributed by atoms with Crippen LogP contribution in [0.4, 0.5) is 0 Å². The zero-order chi connectivity index (χ0) is 13.5. The SMILES string of the molecule is Cl.O=C(CNCC1CC1)NCCOc1ccc(Cl)cc1. The number of nitrogens with one attached hydrogen (secondary N) is 2. The Labute approximate surface area is 130 Å². The van der Waals surface area contributed by atoms with Crippen molar-refractivity contribution in [1.82, 2.24) is 10.6 Å². The number of ether oxygens (including phenoxy) is 1. The monoisotopic (exact) mass is 318 g/mol. The van der Waals surface area contributed by atoms with E-state index in [1.165, 1.54) is 12.8 Å². The lowest BCUT2D eigenvalue weighted by atomic mass is 10.3. The molecule has 1 aromatic rings. The molecule has 0 atom stereocenters. The van der Waals surface area contributed by atoms with Gasteiger partial charge in [-0.1, -0.05) is 11.6 Å². The van der Waals surface area contributed by atoms with Crippen LogP contribution in [0.5, 0.6) is 5.75 Å². The first-order chi connectivity index (χ1) is 9.24. The standard InChI is InChI=1S/C14H19ClN2O2.ClH/c15-12-3-5-13(6-4-12)19-8-7-17-14(18)10-16-9-11-1-2-11;/h3-6,11,16H,1-2,7-10H2,(H,17,18);1H. The lowest BCUT2D eigenvalue weighted by Crippen LogP contribution is -2.36. The molecule has 2 rings (SSSR count). The molecular formula is C14H20Cl2N2O2. The Morgan fingerprint density at radius 1 is 1.30 bits per heavy atom. The van der Waals surface area contributed by atoms with E-state index >= 15 is 0 Å². The van der Waals surface area contributed by atoms with Crippen LogP contribution >= 0.6 is 24.0 Å². The Morgan fingerprint density at radius 2 is 2.00 bits per heavy atom. The van der Waals surface area contributed by atoms with Gasteiger partial charge >= 0.3 is 0 Å². The van der Waals surface area contributed by atoms with Crippen LogP contribution in [0.3, 0.4) is 0 Å². The summed E-state index contributed by atoms with van der Waals surface area (Å²) >= 11 is 5.77. The average molecular weight is 319 g/mol. The molecule has 0 aromatic heterocycles. The van der Waals surface area contributed by atoms with E-state index in [2.05, 4.69) is 10.6 Å². The van der Waals surface area contributed by atoms with Gasteiger partial charge in [0.25, 0.3) is 0 Å². The molecule has 2 N–H and O–H groups in total. The molecule has 0 unspecified atom stereocenters. The molecule has 1 aliphatic carbocycles. The summed E-state index contributed by atoms with van der Waals surface area (Å²) in [5.41, 5.74) is 0. The highest BCUT2D eigenvalue weighted by Gasteiger charge is 2.20. The van der Waals surface area contributed by atoms with E-state index in [4.69, 9.17) is 16.3 Å². The van der Waals surface area contributed by atoms with Crippen LogP contribution in [0.2, 0.25) is 5.02 Å². The molecule has 112 valence electrons. The number of hydrogen-bond acceptors (Lipinski definition) is 3. The molecule has 1 fully saturated rings. The van der Waals surface area contributed by atoms with Gasteiger partial charge in [-0.05, 0) is 49.6 Å². The van der Waals surface area contributed by atoms with Crippen molar-refractivity contribution in [2.45, 2.75) is 12.8 Å². The molecule has 0 heterocycles. The third-order valence-electron chi connectivity index (χ3n) is 2.92. The first kappa shape index (κ1) is 17.1. The number of carbonyl (C=O) groups is 1. The minimum absolute atomic E-state index is 0. The van der Waals surface area contributed by atoms with Crippen molar-refractivity contribution in [3.8, 4) is 5.75 Å². The van der Waals surface area contributed by atoms with Crippen LogP contribution in [-0.2, 0) is 4.79 Å². The number of benzene rings is 1. The lowest BCUT2D eigenvalue weighted by molar-refractivity contribution is -0.120. The zero-order valence-corrected chi connectivity index (χ0v) is 12.8. The highest BCUT2D eigenvalue weighted by molar-refractivity contribution is 6.30. The predicted molar refractivity (Wildman–Crippen MR) is 82.8 cm³/mol. The Balaban J connectivity index is 0.00000200. The average Bonchev–Trinajstić information content (AvgIpc) is 3.21. The maximum absolute atomic E-state index is 11.5. The summed E-state index contributed by atoms with van der Waals surface area (Å²) in [5.74, 6) is 1.56. The van der Waals surface area contributed by atoms with Crippen molar-refractivity contribution in [2.24, 2.45) is 5.92 Å². The molecule has 0 bridgehead atoms. The van der Waals surface area contributed by atoms with Crippen molar-refractivity contribution in [2.75, 3.05) is 26.2 Å². The minimum Gasteiger partial charge on any atom is -0.492 e. The van der Waals surface area contributed by atoms with Gasteiger partial charge in [-0.3, -0.25) is 4.79 Å². The molecule has 0 spiro atoms. The van der Waals surface area contributed by atoms with Gasteiger partial charge in [-0.15, -0.1) is 12.4 Å². The summed E-state index contributed by atoms with van der Waals surface area (Å²) in [4.78, 5) is 11.5. The molecule has 4 nitrogen and oxygen atoms in total. The number of amides is 1. The van der Waals surface area contributed by atoms with Crippen LogP contribution in [0, 0.1) is 5.92 Å². The summed E-state index contributed by atoms with van der Waals surface area (Å²) in [6.07, 6.45) is 2.59. The fourth-order valence-electron chi connectivity index (χ4n) is 1.66. The van der Waals surface area contributed by atoms with Crippen molar-refractivity contribution in [3.63, 3.8) is 0 Å². The molecule has 1 aliphatic rings. The van der Waals surface area contributed by atoms with Gasteiger partial charge in [0.2, 0.25) is 5.91 Å². The van der Waals surface area contributed by atoms with E-state index in [-0.39, 0.29) is 18.3 Å². The van der Waals surface area contributed by atoms with Crippen LogP contribution in [-0.4, -0.2) is 32.1 Å². The Kier molecular flexibility index (Phi) is 7.73. The first-order valence-electron chi connectivity index (χ1n) is 6.60. The number of hydrogen-bond donors (Lipinski definition) is 2. The van der Waals surface area contributed by atoms with E-state index in [0.717, 1.165) is 18.2 Å². The quantitative estimate of drug-likeness (QED) is 0.723. The molecule has 20 heavy (non-hydrogen) atoms. The van der Waals surface area contributed by atoms with Gasteiger partial charge in [0, 0.05) is 5.02 Å². The predicted octanol–water partition coefficient (Wildman–Crippen LogP) is 2.26. The molecule has 1 saturated carbocycles. The third-order valence-corrected chi connectivity index (χ3v) is 3.17. The van der Waals surface area contributed by atoms with Gasteiger partial charge in [0.1, 0.15) is 12.4 Å². The smallest absolute Gasteiger partial charge is 0.234 e. The molecule has 1 aromatic carbocycles. The van der Waals surface area contributed by atoms with Gasteiger partial charge in [-0.2, -0.15) is 0 Å². The van der Waals surface area contributed by atoms with Crippen molar-refractivity contribution in [1.29, 1.82) is 0 Å². The van der Waals surface area contributed by atoms with Crippen molar-refractivity contribution >= 4 is 29.9 Å². The number of halogens is 2. The summed E-state index contributed by atoms with van der Waals surface area (Å²) in [6, 6.07) is 7.16. The topological polar surface area (TPSA) is 50.4 Å². The second kappa shape index (κ2) is 9.06. The first-order valence-corrected chi connectivity index (χ1v) is 6.97. The maximum atomic E-state index is 11.5. The van der Waals surface area contributed by atoms with Crippen LogP contribution in [0.15, 0.2) is 24.3 Å². The Bertz CT molecular complexity index is 408. The maximum Gasteiger partial charge on any atom is 0.234 e. The minimum atomic E-state index is 0. The number of carbonyl (C=O) groups excluding carboxylic acids is 1. The fourth-order valence-corrected chi connectivity index (χ4v) is 1.79. The number of rotatable bonds is 8. The highest BCUT2D eigenvalue weighted by Crippen LogP contribution is 2.27. The summed E-state index contributed by atoms with van der Waals surface area (Å²) in [7, 11) is 0. The highest BCUT2D eigenvalue weighted by atomic mass is 35.5. The van der Waals surface area contributed by atoms with Crippen molar-refractivity contribution in [3.05, 3.63) is 29.3 Å². The van der Waals surface area contributed by atoms with E-state index in [1.807, 2.05) is 0 Å². The van der Waals surface area contributed by atoms with E-state index in [0.29, 0.717) is 24.7 Å². The van der Waals surface area contributed by atoms with Crippen LogP contribution < -0.4 is 15.4 Å².